The quantitative estimate of drug-likeness (QED) is 0.790. The summed E-state index contributed by atoms with van der Waals surface area (Å²) < 4.78 is 5.38. The molecule has 30 heavy (non-hydrogen) atoms. The summed E-state index contributed by atoms with van der Waals surface area (Å²) in [7, 11) is 1.61. The number of nitrogens with one attached hydrogen (secondary N) is 1. The Morgan fingerprint density at radius 2 is 1.83 bits per heavy atom. The van der Waals surface area contributed by atoms with Gasteiger partial charge in [-0.15, -0.1) is 0 Å². The monoisotopic (exact) mass is 408 g/mol. The molecule has 0 atom stereocenters. The molecule has 2 N–H and O–H groups in total. The van der Waals surface area contributed by atoms with Crippen molar-refractivity contribution in [2.45, 2.75) is 58.0 Å². The summed E-state index contributed by atoms with van der Waals surface area (Å²) in [5.74, 6) is 0.454. The number of methoxy groups -OCH3 is 1. The minimum absolute atomic E-state index is 0.0790. The van der Waals surface area contributed by atoms with Gasteiger partial charge in [0.1, 0.15) is 17.0 Å². The third kappa shape index (κ3) is 3.30. The van der Waals surface area contributed by atoms with Gasteiger partial charge in [-0.1, -0.05) is 25.3 Å². The van der Waals surface area contributed by atoms with Crippen molar-refractivity contribution in [2.75, 3.05) is 12.4 Å². The lowest BCUT2D eigenvalue weighted by molar-refractivity contribution is -0.129. The van der Waals surface area contributed by atoms with Crippen LogP contribution >= 0.6 is 0 Å². The van der Waals surface area contributed by atoms with Crippen LogP contribution in [0.5, 0.6) is 11.5 Å². The fraction of sp³-hybridized carbons (Fsp3) is 0.417. The number of phenolic OH excluding ortho intramolecular Hbond substituents is 1. The number of ether oxygens (including phenoxy) is 1. The van der Waals surface area contributed by atoms with Crippen LogP contribution in [0.2, 0.25) is 0 Å². The lowest BCUT2D eigenvalue weighted by Crippen LogP contribution is -2.58. The molecule has 158 valence electrons. The maximum absolute atomic E-state index is 13.6. The predicted molar refractivity (Wildman–Crippen MR) is 115 cm³/mol. The highest BCUT2D eigenvalue weighted by Crippen LogP contribution is 2.41. The van der Waals surface area contributed by atoms with Crippen molar-refractivity contribution in [1.82, 2.24) is 4.90 Å². The molecule has 0 saturated heterocycles. The van der Waals surface area contributed by atoms with Gasteiger partial charge in [-0.25, -0.2) is 0 Å². The van der Waals surface area contributed by atoms with Crippen LogP contribution in [0.3, 0.4) is 0 Å². The van der Waals surface area contributed by atoms with Crippen molar-refractivity contribution in [3.05, 3.63) is 52.6 Å². The van der Waals surface area contributed by atoms with E-state index in [1.807, 2.05) is 32.0 Å². The Hall–Kier alpha value is -3.02. The molecule has 2 aliphatic rings. The molecule has 6 nitrogen and oxygen atoms in total. The van der Waals surface area contributed by atoms with Crippen LogP contribution in [0.15, 0.2) is 30.3 Å². The van der Waals surface area contributed by atoms with Gasteiger partial charge >= 0.3 is 0 Å². The summed E-state index contributed by atoms with van der Waals surface area (Å²) in [6.45, 7) is 4.23. The van der Waals surface area contributed by atoms with Crippen LogP contribution < -0.4 is 10.1 Å². The van der Waals surface area contributed by atoms with Gasteiger partial charge in [-0.05, 0) is 61.6 Å². The van der Waals surface area contributed by atoms with E-state index in [1.165, 1.54) is 6.07 Å². The number of nitrogens with zero attached hydrogens (tertiary/aromatic N) is 1. The van der Waals surface area contributed by atoms with Crippen molar-refractivity contribution in [3.63, 3.8) is 0 Å². The van der Waals surface area contributed by atoms with E-state index in [1.54, 1.807) is 18.1 Å². The molecule has 0 unspecified atom stereocenters. The fourth-order valence-electron chi connectivity index (χ4n) is 4.82. The second-order valence-electron chi connectivity index (χ2n) is 8.41. The first-order valence-corrected chi connectivity index (χ1v) is 10.5. The number of rotatable bonds is 4. The van der Waals surface area contributed by atoms with E-state index in [2.05, 4.69) is 5.32 Å². The molecule has 6 heteroatoms. The second kappa shape index (κ2) is 7.67. The van der Waals surface area contributed by atoms with Crippen LogP contribution in [-0.4, -0.2) is 34.5 Å². The SMILES string of the molecule is COc1cc(NC(=O)C2(N3Cc4c(C)cc(O)cc4C3=O)CCCCC2)ccc1C. The second-order valence-corrected chi connectivity index (χ2v) is 8.41. The van der Waals surface area contributed by atoms with Gasteiger partial charge in [0.2, 0.25) is 5.91 Å². The van der Waals surface area contributed by atoms with Crippen molar-refractivity contribution >= 4 is 17.5 Å². The minimum atomic E-state index is -0.894. The van der Waals surface area contributed by atoms with Crippen LogP contribution in [0, 0.1) is 13.8 Å². The number of hydrogen-bond donors (Lipinski definition) is 2. The molecule has 0 bridgehead atoms. The van der Waals surface area contributed by atoms with Crippen LogP contribution in [0.4, 0.5) is 5.69 Å². The molecule has 2 aromatic rings. The average molecular weight is 408 g/mol. The van der Waals surface area contributed by atoms with Gasteiger partial charge in [0.15, 0.2) is 0 Å². The number of anilines is 1. The zero-order valence-electron chi connectivity index (χ0n) is 17.7. The van der Waals surface area contributed by atoms with Crippen LogP contribution in [0.25, 0.3) is 0 Å². The maximum Gasteiger partial charge on any atom is 0.255 e. The highest BCUT2D eigenvalue weighted by Gasteiger charge is 2.50. The Bertz CT molecular complexity index is 1010. The summed E-state index contributed by atoms with van der Waals surface area (Å²) in [6, 6.07) is 8.76. The van der Waals surface area contributed by atoms with Gasteiger partial charge in [-0.2, -0.15) is 0 Å². The first-order chi connectivity index (χ1) is 14.4. The first-order valence-electron chi connectivity index (χ1n) is 10.5. The number of hydrogen-bond acceptors (Lipinski definition) is 4. The van der Waals surface area contributed by atoms with E-state index in [0.29, 0.717) is 36.4 Å². The van der Waals surface area contributed by atoms with Gasteiger partial charge in [0.05, 0.1) is 7.11 Å². The Morgan fingerprint density at radius 3 is 2.53 bits per heavy atom. The molecule has 0 radical (unpaired) electrons. The first kappa shape index (κ1) is 20.3. The third-order valence-corrected chi connectivity index (χ3v) is 6.54. The number of benzene rings is 2. The van der Waals surface area contributed by atoms with Gasteiger partial charge in [0, 0.05) is 23.9 Å². The highest BCUT2D eigenvalue weighted by molar-refractivity contribution is 6.06. The number of aryl methyl sites for hydroxylation is 2. The minimum Gasteiger partial charge on any atom is -0.508 e. The summed E-state index contributed by atoms with van der Waals surface area (Å²) in [4.78, 5) is 28.7. The molecule has 4 rings (SSSR count). The standard InChI is InChI=1S/C24H28N2O4/c1-15-7-8-17(12-21(15)30-3)25-23(29)24(9-5-4-6-10-24)26-14-20-16(2)11-18(27)13-19(20)22(26)28/h7-8,11-13,27H,4-6,9-10,14H2,1-3H3,(H,25,29). The zero-order valence-corrected chi connectivity index (χ0v) is 17.7. The fourth-order valence-corrected chi connectivity index (χ4v) is 4.82. The Balaban J connectivity index is 1.68. The lowest BCUT2D eigenvalue weighted by Gasteiger charge is -2.43. The Morgan fingerprint density at radius 1 is 1.10 bits per heavy atom. The largest absolute Gasteiger partial charge is 0.508 e. The van der Waals surface area contributed by atoms with E-state index >= 15 is 0 Å². The van der Waals surface area contributed by atoms with Crippen molar-refractivity contribution in [3.8, 4) is 11.5 Å². The number of phenols is 1. The Labute approximate surface area is 176 Å². The van der Waals surface area contributed by atoms with E-state index in [-0.39, 0.29) is 17.6 Å². The third-order valence-electron chi connectivity index (χ3n) is 6.54. The Kier molecular flexibility index (Phi) is 5.18. The molecule has 0 spiro atoms. The number of carbonyl (C=O) groups is 2. The molecule has 1 fully saturated rings. The number of amides is 2. The molecular weight excluding hydrogens is 380 g/mol. The molecule has 2 amide bonds. The zero-order chi connectivity index (χ0) is 21.5. The predicted octanol–water partition coefficient (Wildman–Crippen LogP) is 4.32. The summed E-state index contributed by atoms with van der Waals surface area (Å²) in [6.07, 6.45) is 4.12. The molecule has 1 saturated carbocycles. The van der Waals surface area contributed by atoms with Crippen molar-refractivity contribution in [2.24, 2.45) is 0 Å². The average Bonchev–Trinajstić information content (AvgIpc) is 3.07. The van der Waals surface area contributed by atoms with Gasteiger partial charge in [-0.3, -0.25) is 9.59 Å². The molecular formula is C24H28N2O4. The van der Waals surface area contributed by atoms with E-state index < -0.39 is 5.54 Å². The maximum atomic E-state index is 13.6. The smallest absolute Gasteiger partial charge is 0.255 e. The molecule has 1 aliphatic carbocycles. The van der Waals surface area contributed by atoms with Crippen molar-refractivity contribution < 1.29 is 19.4 Å². The number of fused-ring (bicyclic) bond motifs is 1. The topological polar surface area (TPSA) is 78.9 Å². The summed E-state index contributed by atoms with van der Waals surface area (Å²) >= 11 is 0. The van der Waals surface area contributed by atoms with Crippen LogP contribution in [-0.2, 0) is 11.3 Å². The lowest BCUT2D eigenvalue weighted by atomic mass is 9.79. The van der Waals surface area contributed by atoms with Crippen molar-refractivity contribution in [1.29, 1.82) is 0 Å². The van der Waals surface area contributed by atoms with Gasteiger partial charge < -0.3 is 20.1 Å². The highest BCUT2D eigenvalue weighted by atomic mass is 16.5. The molecule has 0 aromatic heterocycles. The molecule has 1 heterocycles. The van der Waals surface area contributed by atoms with E-state index in [4.69, 9.17) is 4.74 Å². The number of aromatic hydroxyl groups is 1. The van der Waals surface area contributed by atoms with E-state index in [0.717, 1.165) is 36.0 Å². The normalized spacial score (nSPS) is 17.6. The molecule has 1 aliphatic heterocycles. The van der Waals surface area contributed by atoms with Gasteiger partial charge in [0.25, 0.3) is 5.91 Å². The van der Waals surface area contributed by atoms with Crippen LogP contribution in [0.1, 0.15) is 59.2 Å². The summed E-state index contributed by atoms with van der Waals surface area (Å²) in [5, 5.41) is 13.0. The van der Waals surface area contributed by atoms with E-state index in [9.17, 15) is 14.7 Å². The summed E-state index contributed by atoms with van der Waals surface area (Å²) in [5.41, 5.74) is 3.02. The number of carbonyl (C=O) groups excluding carboxylic acids is 2. The molecule has 2 aromatic carbocycles.